The molecule has 0 N–H and O–H groups in total. The monoisotopic (exact) mass is 433 g/mol. The van der Waals surface area contributed by atoms with Crippen LogP contribution in [0, 0.1) is 40.8 Å². The number of hydrogen-bond acceptors (Lipinski definition) is 4. The van der Waals surface area contributed by atoms with Gasteiger partial charge in [0.15, 0.2) is 11.2 Å². The van der Waals surface area contributed by atoms with Gasteiger partial charge in [0.05, 0.1) is 18.2 Å². The van der Waals surface area contributed by atoms with Crippen molar-refractivity contribution in [2.24, 2.45) is 5.41 Å². The SMILES string of the molecule is Cc1ccc(C(=O)[C@@H]2[C@H](c3ccccc3F)C(C#N)(C#N)[C@@H]3c4ccccc4C=CN23)cc1. The zero-order valence-electron chi connectivity index (χ0n) is 17.9. The Morgan fingerprint density at radius 3 is 2.24 bits per heavy atom. The normalized spacial score (nSPS) is 22.1. The molecule has 5 rings (SSSR count). The maximum Gasteiger partial charge on any atom is 0.185 e. The first kappa shape index (κ1) is 20.7. The van der Waals surface area contributed by atoms with Gasteiger partial charge >= 0.3 is 0 Å². The number of nitriles is 2. The lowest BCUT2D eigenvalue weighted by Gasteiger charge is -2.34. The minimum Gasteiger partial charge on any atom is -0.357 e. The molecule has 0 amide bonds. The summed E-state index contributed by atoms with van der Waals surface area (Å²) in [5.41, 5.74) is 1.66. The predicted octanol–water partition coefficient (Wildman–Crippen LogP) is 5.54. The van der Waals surface area contributed by atoms with Crippen LogP contribution in [-0.2, 0) is 0 Å². The van der Waals surface area contributed by atoms with Crippen LogP contribution in [0.3, 0.4) is 0 Å². The summed E-state index contributed by atoms with van der Waals surface area (Å²) in [7, 11) is 0. The van der Waals surface area contributed by atoms with Crippen LogP contribution in [0.2, 0.25) is 0 Å². The predicted molar refractivity (Wildman–Crippen MR) is 122 cm³/mol. The van der Waals surface area contributed by atoms with E-state index in [4.69, 9.17) is 0 Å². The van der Waals surface area contributed by atoms with Crippen molar-refractivity contribution in [1.29, 1.82) is 10.5 Å². The smallest absolute Gasteiger partial charge is 0.185 e. The number of fused-ring (bicyclic) bond motifs is 3. The van der Waals surface area contributed by atoms with Gasteiger partial charge in [-0.15, -0.1) is 0 Å². The van der Waals surface area contributed by atoms with Crippen molar-refractivity contribution in [3.05, 3.63) is 113 Å². The summed E-state index contributed by atoms with van der Waals surface area (Å²) in [6.45, 7) is 1.93. The Labute approximate surface area is 191 Å². The lowest BCUT2D eigenvalue weighted by molar-refractivity contribution is 0.0874. The van der Waals surface area contributed by atoms with E-state index < -0.39 is 29.2 Å². The van der Waals surface area contributed by atoms with Gasteiger partial charge in [-0.3, -0.25) is 4.79 Å². The third-order valence-electron chi connectivity index (χ3n) is 6.79. The van der Waals surface area contributed by atoms with Crippen molar-refractivity contribution in [3.63, 3.8) is 0 Å². The van der Waals surface area contributed by atoms with Crippen LogP contribution in [0.5, 0.6) is 0 Å². The maximum atomic E-state index is 15.2. The largest absolute Gasteiger partial charge is 0.357 e. The summed E-state index contributed by atoms with van der Waals surface area (Å²) in [5.74, 6) is -1.76. The molecule has 3 aromatic rings. The van der Waals surface area contributed by atoms with E-state index in [1.54, 1.807) is 41.4 Å². The van der Waals surface area contributed by atoms with Crippen LogP contribution < -0.4 is 0 Å². The highest BCUT2D eigenvalue weighted by Crippen LogP contribution is 2.60. The summed E-state index contributed by atoms with van der Waals surface area (Å²) >= 11 is 0. The van der Waals surface area contributed by atoms with Gasteiger partial charge in [-0.1, -0.05) is 72.3 Å². The molecule has 1 fully saturated rings. The van der Waals surface area contributed by atoms with Gasteiger partial charge in [-0.2, -0.15) is 10.5 Å². The van der Waals surface area contributed by atoms with E-state index in [0.717, 1.165) is 16.7 Å². The molecule has 2 aliphatic heterocycles. The van der Waals surface area contributed by atoms with E-state index in [-0.39, 0.29) is 11.3 Å². The highest BCUT2D eigenvalue weighted by atomic mass is 19.1. The van der Waals surface area contributed by atoms with Crippen LogP contribution in [0.1, 0.15) is 44.6 Å². The number of halogens is 1. The van der Waals surface area contributed by atoms with Crippen LogP contribution in [0.15, 0.2) is 79.0 Å². The molecule has 2 heterocycles. The Kier molecular flexibility index (Phi) is 4.84. The molecule has 0 aliphatic carbocycles. The van der Waals surface area contributed by atoms with E-state index in [2.05, 4.69) is 12.1 Å². The molecule has 33 heavy (non-hydrogen) atoms. The van der Waals surface area contributed by atoms with Crippen molar-refractivity contribution in [3.8, 4) is 12.1 Å². The lowest BCUT2D eigenvalue weighted by atomic mass is 9.67. The van der Waals surface area contributed by atoms with Gasteiger partial charge < -0.3 is 4.90 Å². The molecule has 2 aliphatic rings. The first-order valence-corrected chi connectivity index (χ1v) is 10.7. The first-order valence-electron chi connectivity index (χ1n) is 10.7. The number of nitrogens with zero attached hydrogens (tertiary/aromatic N) is 3. The Bertz CT molecular complexity index is 1350. The van der Waals surface area contributed by atoms with E-state index in [9.17, 15) is 15.3 Å². The fourth-order valence-electron chi connectivity index (χ4n) is 5.25. The molecule has 3 atom stereocenters. The van der Waals surface area contributed by atoms with Gasteiger partial charge in [-0.25, -0.2) is 4.39 Å². The Morgan fingerprint density at radius 2 is 1.58 bits per heavy atom. The number of aryl methyl sites for hydroxylation is 1. The number of Topliss-reactive ketones (excluding diaryl/α,β-unsaturated/α-hetero) is 1. The number of hydrogen-bond donors (Lipinski definition) is 0. The Balaban J connectivity index is 1.79. The molecule has 0 bridgehead atoms. The third kappa shape index (κ3) is 2.97. The molecule has 1 saturated heterocycles. The molecule has 4 nitrogen and oxygen atoms in total. The second kappa shape index (κ2) is 7.73. The number of carbonyl (C=O) groups excluding carboxylic acids is 1. The minimum atomic E-state index is -1.67. The molecule has 0 radical (unpaired) electrons. The van der Waals surface area contributed by atoms with Crippen molar-refractivity contribution in [1.82, 2.24) is 4.90 Å². The summed E-state index contributed by atoms with van der Waals surface area (Å²) in [6, 6.07) is 23.7. The van der Waals surface area contributed by atoms with E-state index in [0.29, 0.717) is 5.56 Å². The van der Waals surface area contributed by atoms with Gasteiger partial charge in [-0.05, 0) is 35.8 Å². The zero-order valence-corrected chi connectivity index (χ0v) is 17.9. The van der Waals surface area contributed by atoms with E-state index in [1.807, 2.05) is 49.4 Å². The average molecular weight is 433 g/mol. The lowest BCUT2D eigenvalue weighted by Crippen LogP contribution is -2.38. The molecule has 0 aromatic heterocycles. The quantitative estimate of drug-likeness (QED) is 0.508. The van der Waals surface area contributed by atoms with Gasteiger partial charge in [0.25, 0.3) is 0 Å². The zero-order chi connectivity index (χ0) is 23.2. The second-order valence-electron chi connectivity index (χ2n) is 8.56. The number of carbonyl (C=O) groups is 1. The van der Waals surface area contributed by atoms with Crippen molar-refractivity contribution in [2.75, 3.05) is 0 Å². The highest BCUT2D eigenvalue weighted by molar-refractivity contribution is 6.01. The minimum absolute atomic E-state index is 0.200. The molecule has 5 heteroatoms. The van der Waals surface area contributed by atoms with E-state index >= 15 is 4.39 Å². The summed E-state index contributed by atoms with van der Waals surface area (Å²) in [6.07, 6.45) is 3.65. The van der Waals surface area contributed by atoms with Crippen molar-refractivity contribution < 1.29 is 9.18 Å². The fraction of sp³-hybridized carbons (Fsp3) is 0.179. The Hall–Kier alpha value is -4.22. The molecule has 0 spiro atoms. The molecule has 3 aromatic carbocycles. The van der Waals surface area contributed by atoms with Gasteiger partial charge in [0, 0.05) is 17.7 Å². The van der Waals surface area contributed by atoms with Crippen molar-refractivity contribution in [2.45, 2.75) is 24.9 Å². The van der Waals surface area contributed by atoms with Crippen LogP contribution >= 0.6 is 0 Å². The molecule has 0 saturated carbocycles. The molecule has 0 unspecified atom stereocenters. The fourth-order valence-corrected chi connectivity index (χ4v) is 5.25. The van der Waals surface area contributed by atoms with Gasteiger partial charge in [0.2, 0.25) is 0 Å². The number of rotatable bonds is 3. The highest BCUT2D eigenvalue weighted by Gasteiger charge is 2.64. The van der Waals surface area contributed by atoms with Crippen molar-refractivity contribution >= 4 is 11.9 Å². The third-order valence-corrected chi connectivity index (χ3v) is 6.79. The molecule has 160 valence electrons. The molecular formula is C28H20FN3O. The Morgan fingerprint density at radius 1 is 0.939 bits per heavy atom. The number of ketones is 1. The first-order chi connectivity index (χ1) is 16.0. The standard InChI is InChI=1S/C28H20FN3O/c1-18-10-12-20(13-11-18)26(33)25-24(22-8-4-5-9-23(22)29)28(16-30,17-31)27-21-7-3-2-6-19(21)14-15-32(25)27/h2-15,24-25,27H,1H3/t24-,25-,27-/m0/s1. The van der Waals surface area contributed by atoms with Crippen LogP contribution in [0.4, 0.5) is 4.39 Å². The molecular weight excluding hydrogens is 413 g/mol. The summed E-state index contributed by atoms with van der Waals surface area (Å²) in [5, 5.41) is 20.9. The van der Waals surface area contributed by atoms with Crippen LogP contribution in [0.25, 0.3) is 6.08 Å². The second-order valence-corrected chi connectivity index (χ2v) is 8.56. The van der Waals surface area contributed by atoms with Gasteiger partial charge in [0.1, 0.15) is 11.9 Å². The van der Waals surface area contributed by atoms with E-state index in [1.165, 1.54) is 6.07 Å². The average Bonchev–Trinajstić information content (AvgIpc) is 3.15. The summed E-state index contributed by atoms with van der Waals surface area (Å²) < 4.78 is 15.2. The van der Waals surface area contributed by atoms with Crippen LogP contribution in [-0.4, -0.2) is 16.7 Å². The number of benzene rings is 3. The topological polar surface area (TPSA) is 67.9 Å². The maximum absolute atomic E-state index is 15.2. The summed E-state index contributed by atoms with van der Waals surface area (Å²) in [4.78, 5) is 15.7.